The zero-order valence-electron chi connectivity index (χ0n) is 15.0. The van der Waals surface area contributed by atoms with Crippen LogP contribution in [0.15, 0.2) is 30.3 Å². The molecule has 0 saturated carbocycles. The van der Waals surface area contributed by atoms with Crippen molar-refractivity contribution in [1.29, 1.82) is 0 Å². The number of rotatable bonds is 6. The van der Waals surface area contributed by atoms with E-state index in [4.69, 9.17) is 9.47 Å². The molecule has 1 amide bonds. The van der Waals surface area contributed by atoms with Gasteiger partial charge in [0.2, 0.25) is 0 Å². The van der Waals surface area contributed by atoms with Gasteiger partial charge in [-0.15, -0.1) is 0 Å². The van der Waals surface area contributed by atoms with E-state index in [1.807, 2.05) is 35.2 Å². The zero-order chi connectivity index (χ0) is 17.3. The highest BCUT2D eigenvalue weighted by molar-refractivity contribution is 5.68. The summed E-state index contributed by atoms with van der Waals surface area (Å²) in [6, 6.07) is 10.1. The Hall–Kier alpha value is -1.59. The molecule has 2 fully saturated rings. The molecule has 2 aliphatic rings. The summed E-state index contributed by atoms with van der Waals surface area (Å²) in [6.45, 7) is 3.97. The van der Waals surface area contributed by atoms with E-state index in [1.165, 1.54) is 6.42 Å². The van der Waals surface area contributed by atoms with Crippen LogP contribution in [0.5, 0.6) is 0 Å². The molecule has 0 bridgehead atoms. The number of hydrogen-bond donors (Lipinski definition) is 1. The number of likely N-dealkylation sites (tertiary alicyclic amines) is 1. The Balaban J connectivity index is 1.43. The topological polar surface area (TPSA) is 50.8 Å². The summed E-state index contributed by atoms with van der Waals surface area (Å²) >= 11 is 0. The summed E-state index contributed by atoms with van der Waals surface area (Å²) in [6.07, 6.45) is 6.58. The number of nitrogens with zero attached hydrogens (tertiary/aromatic N) is 1. The summed E-state index contributed by atoms with van der Waals surface area (Å²) in [5.74, 6) is 0. The Bertz CT molecular complexity index is 517. The highest BCUT2D eigenvalue weighted by atomic mass is 16.6. The molecule has 2 saturated heterocycles. The van der Waals surface area contributed by atoms with Gasteiger partial charge in [-0.25, -0.2) is 4.79 Å². The fraction of sp³-hybridized carbons (Fsp3) is 0.650. The molecule has 25 heavy (non-hydrogen) atoms. The Morgan fingerprint density at radius 1 is 1.12 bits per heavy atom. The van der Waals surface area contributed by atoms with Crippen LogP contribution >= 0.6 is 0 Å². The van der Waals surface area contributed by atoms with Crippen LogP contribution in [-0.2, 0) is 16.1 Å². The number of nitrogens with one attached hydrogen (secondary N) is 1. The van der Waals surface area contributed by atoms with E-state index in [9.17, 15) is 4.79 Å². The van der Waals surface area contributed by atoms with E-state index >= 15 is 0 Å². The normalized spacial score (nSPS) is 21.9. The van der Waals surface area contributed by atoms with E-state index in [-0.39, 0.29) is 12.1 Å². The molecule has 2 heterocycles. The van der Waals surface area contributed by atoms with E-state index < -0.39 is 0 Å². The molecular formula is C20H30N2O3. The van der Waals surface area contributed by atoms with Crippen molar-refractivity contribution in [3.05, 3.63) is 35.9 Å². The van der Waals surface area contributed by atoms with Crippen LogP contribution in [0.3, 0.4) is 0 Å². The molecule has 1 unspecified atom stereocenters. The molecule has 2 aliphatic heterocycles. The van der Waals surface area contributed by atoms with Crippen molar-refractivity contribution in [3.63, 3.8) is 0 Å². The first-order chi connectivity index (χ1) is 12.3. The molecule has 0 aromatic heterocycles. The third-order valence-electron chi connectivity index (χ3n) is 5.16. The number of carbonyl (C=O) groups is 1. The van der Waals surface area contributed by atoms with Crippen molar-refractivity contribution in [1.82, 2.24) is 10.2 Å². The van der Waals surface area contributed by atoms with Crippen molar-refractivity contribution >= 4 is 6.09 Å². The first kappa shape index (κ1) is 18.2. The second-order valence-electron chi connectivity index (χ2n) is 6.99. The number of ether oxygens (including phenoxy) is 2. The van der Waals surface area contributed by atoms with Gasteiger partial charge in [-0.2, -0.15) is 0 Å². The lowest BCUT2D eigenvalue weighted by atomic mass is 10.00. The van der Waals surface area contributed by atoms with Gasteiger partial charge in [0.25, 0.3) is 0 Å². The minimum Gasteiger partial charge on any atom is -0.445 e. The van der Waals surface area contributed by atoms with E-state index in [1.54, 1.807) is 0 Å². The minimum absolute atomic E-state index is 0.185. The van der Waals surface area contributed by atoms with Crippen LogP contribution in [0.25, 0.3) is 0 Å². The Morgan fingerprint density at radius 3 is 2.72 bits per heavy atom. The van der Waals surface area contributed by atoms with E-state index in [2.05, 4.69) is 5.32 Å². The Labute approximate surface area is 150 Å². The number of piperidine rings is 2. The number of carbonyl (C=O) groups excluding carboxylic acids is 1. The molecule has 1 aromatic carbocycles. The van der Waals surface area contributed by atoms with Crippen LogP contribution in [0, 0.1) is 0 Å². The molecule has 1 aromatic rings. The van der Waals surface area contributed by atoms with Crippen molar-refractivity contribution < 1.29 is 14.3 Å². The second kappa shape index (κ2) is 9.78. The van der Waals surface area contributed by atoms with Crippen molar-refractivity contribution in [2.45, 2.75) is 57.3 Å². The largest absolute Gasteiger partial charge is 0.445 e. The molecule has 138 valence electrons. The lowest BCUT2D eigenvalue weighted by Gasteiger charge is -2.35. The molecule has 0 spiro atoms. The monoisotopic (exact) mass is 346 g/mol. The van der Waals surface area contributed by atoms with Gasteiger partial charge in [0.1, 0.15) is 6.61 Å². The molecule has 5 nitrogen and oxygen atoms in total. The summed E-state index contributed by atoms with van der Waals surface area (Å²) < 4.78 is 11.6. The first-order valence-electron chi connectivity index (χ1n) is 9.62. The summed E-state index contributed by atoms with van der Waals surface area (Å²) in [5, 5.41) is 3.35. The number of benzene rings is 1. The Kier molecular flexibility index (Phi) is 7.12. The predicted octanol–water partition coefficient (Wildman–Crippen LogP) is 3.34. The molecule has 1 N–H and O–H groups in total. The average Bonchev–Trinajstić information content (AvgIpc) is 2.68. The summed E-state index contributed by atoms with van der Waals surface area (Å²) in [4.78, 5) is 14.4. The second-order valence-corrected chi connectivity index (χ2v) is 6.99. The smallest absolute Gasteiger partial charge is 0.410 e. The molecule has 3 rings (SSSR count). The van der Waals surface area contributed by atoms with Gasteiger partial charge in [0.15, 0.2) is 0 Å². The van der Waals surface area contributed by atoms with Gasteiger partial charge in [-0.1, -0.05) is 30.3 Å². The molecule has 5 heteroatoms. The maximum absolute atomic E-state index is 12.5. The van der Waals surface area contributed by atoms with E-state index in [0.29, 0.717) is 12.7 Å². The molecule has 1 atom stereocenters. The van der Waals surface area contributed by atoms with Crippen LogP contribution in [0.2, 0.25) is 0 Å². The predicted molar refractivity (Wildman–Crippen MR) is 97.4 cm³/mol. The van der Waals surface area contributed by atoms with Crippen molar-refractivity contribution in [2.24, 2.45) is 0 Å². The first-order valence-corrected chi connectivity index (χ1v) is 9.62. The van der Waals surface area contributed by atoms with Crippen LogP contribution in [0.4, 0.5) is 4.79 Å². The van der Waals surface area contributed by atoms with Gasteiger partial charge >= 0.3 is 6.09 Å². The molecule has 0 aliphatic carbocycles. The fourth-order valence-corrected chi connectivity index (χ4v) is 3.68. The van der Waals surface area contributed by atoms with Crippen LogP contribution < -0.4 is 5.32 Å². The average molecular weight is 346 g/mol. The lowest BCUT2D eigenvalue weighted by molar-refractivity contribution is 0.0121. The van der Waals surface area contributed by atoms with Crippen molar-refractivity contribution in [3.8, 4) is 0 Å². The van der Waals surface area contributed by atoms with Crippen molar-refractivity contribution in [2.75, 3.05) is 26.2 Å². The van der Waals surface area contributed by atoms with Gasteiger partial charge in [0.05, 0.1) is 6.10 Å². The van der Waals surface area contributed by atoms with Gasteiger partial charge in [0, 0.05) is 19.2 Å². The van der Waals surface area contributed by atoms with Gasteiger partial charge < -0.3 is 19.7 Å². The number of hydrogen-bond acceptors (Lipinski definition) is 4. The maximum Gasteiger partial charge on any atom is 0.410 e. The van der Waals surface area contributed by atoms with Crippen LogP contribution in [-0.4, -0.2) is 49.4 Å². The standard InChI is InChI=1S/C20H30N2O3/c23-20(25-16-17-6-2-1-3-7-17)22-14-5-4-8-18(22)11-15-24-19-9-12-21-13-10-19/h1-3,6-7,18-19,21H,4-5,8-16H2. The number of amides is 1. The highest BCUT2D eigenvalue weighted by Gasteiger charge is 2.28. The third-order valence-corrected chi connectivity index (χ3v) is 5.16. The lowest BCUT2D eigenvalue weighted by Crippen LogP contribution is -2.44. The quantitative estimate of drug-likeness (QED) is 0.858. The summed E-state index contributed by atoms with van der Waals surface area (Å²) in [5.41, 5.74) is 1.03. The molecule has 0 radical (unpaired) electrons. The Morgan fingerprint density at radius 2 is 1.92 bits per heavy atom. The maximum atomic E-state index is 12.5. The van der Waals surface area contributed by atoms with Crippen LogP contribution in [0.1, 0.15) is 44.1 Å². The van der Waals surface area contributed by atoms with Gasteiger partial charge in [-0.05, 0) is 57.2 Å². The third kappa shape index (κ3) is 5.72. The van der Waals surface area contributed by atoms with E-state index in [0.717, 1.165) is 63.9 Å². The highest BCUT2D eigenvalue weighted by Crippen LogP contribution is 2.21. The molecular weight excluding hydrogens is 316 g/mol. The zero-order valence-corrected chi connectivity index (χ0v) is 15.0. The fourth-order valence-electron chi connectivity index (χ4n) is 3.68. The van der Waals surface area contributed by atoms with Gasteiger partial charge in [-0.3, -0.25) is 0 Å². The SMILES string of the molecule is O=C(OCc1ccccc1)N1CCCCC1CCOC1CCNCC1. The minimum atomic E-state index is -0.185. The summed E-state index contributed by atoms with van der Waals surface area (Å²) in [7, 11) is 0.